The fourth-order valence-corrected chi connectivity index (χ4v) is 2.99. The number of nitrogens with one attached hydrogen (secondary N) is 2. The van der Waals surface area contributed by atoms with Crippen LogP contribution in [0.25, 0.3) is 0 Å². The van der Waals surface area contributed by atoms with Crippen molar-refractivity contribution in [1.29, 1.82) is 0 Å². The van der Waals surface area contributed by atoms with Crippen molar-refractivity contribution in [2.45, 2.75) is 37.3 Å². The maximum Gasteiger partial charge on any atom is 0.221 e. The van der Waals surface area contributed by atoms with Gasteiger partial charge in [-0.05, 0) is 24.3 Å². The van der Waals surface area contributed by atoms with Gasteiger partial charge in [0.2, 0.25) is 5.91 Å². The molecular weight excluding hydrogens is 252 g/mol. The number of rotatable bonds is 4. The SMILES string of the molecule is O=C(CC1COCCN1)NC1CC(c2ccccc2)C1. The van der Waals surface area contributed by atoms with E-state index in [0.29, 0.717) is 25.0 Å². The smallest absolute Gasteiger partial charge is 0.221 e. The van der Waals surface area contributed by atoms with Crippen LogP contribution in [-0.2, 0) is 9.53 Å². The topological polar surface area (TPSA) is 50.4 Å². The van der Waals surface area contributed by atoms with E-state index >= 15 is 0 Å². The largest absolute Gasteiger partial charge is 0.378 e. The summed E-state index contributed by atoms with van der Waals surface area (Å²) in [5.41, 5.74) is 1.39. The van der Waals surface area contributed by atoms with Gasteiger partial charge in [-0.25, -0.2) is 0 Å². The second-order valence-electron chi connectivity index (χ2n) is 5.77. The van der Waals surface area contributed by atoms with Gasteiger partial charge in [0.15, 0.2) is 0 Å². The van der Waals surface area contributed by atoms with Crippen molar-refractivity contribution in [1.82, 2.24) is 10.6 Å². The van der Waals surface area contributed by atoms with Crippen molar-refractivity contribution in [3.63, 3.8) is 0 Å². The highest BCUT2D eigenvalue weighted by molar-refractivity contribution is 5.77. The van der Waals surface area contributed by atoms with Gasteiger partial charge in [-0.3, -0.25) is 4.79 Å². The Morgan fingerprint density at radius 2 is 2.10 bits per heavy atom. The van der Waals surface area contributed by atoms with Crippen molar-refractivity contribution in [3.8, 4) is 0 Å². The first-order chi connectivity index (χ1) is 9.81. The molecule has 1 unspecified atom stereocenters. The molecule has 1 atom stereocenters. The van der Waals surface area contributed by atoms with Gasteiger partial charge in [-0.1, -0.05) is 30.3 Å². The molecule has 0 radical (unpaired) electrons. The van der Waals surface area contributed by atoms with Gasteiger partial charge < -0.3 is 15.4 Å². The lowest BCUT2D eigenvalue weighted by atomic mass is 9.76. The fourth-order valence-electron chi connectivity index (χ4n) is 2.99. The van der Waals surface area contributed by atoms with E-state index in [9.17, 15) is 4.79 Å². The highest BCUT2D eigenvalue weighted by Crippen LogP contribution is 2.36. The van der Waals surface area contributed by atoms with Crippen molar-refractivity contribution in [2.75, 3.05) is 19.8 Å². The highest BCUT2D eigenvalue weighted by Gasteiger charge is 2.31. The van der Waals surface area contributed by atoms with Crippen LogP contribution in [0.2, 0.25) is 0 Å². The number of benzene rings is 1. The number of hydrogen-bond donors (Lipinski definition) is 2. The summed E-state index contributed by atoms with van der Waals surface area (Å²) >= 11 is 0. The van der Waals surface area contributed by atoms with Gasteiger partial charge in [-0.15, -0.1) is 0 Å². The minimum absolute atomic E-state index is 0.143. The molecule has 108 valence electrons. The van der Waals surface area contributed by atoms with Crippen molar-refractivity contribution in [3.05, 3.63) is 35.9 Å². The summed E-state index contributed by atoms with van der Waals surface area (Å²) in [6.07, 6.45) is 2.64. The fraction of sp³-hybridized carbons (Fsp3) is 0.562. The number of carbonyl (C=O) groups excluding carboxylic acids is 1. The number of ether oxygens (including phenoxy) is 1. The molecule has 1 heterocycles. The first-order valence-electron chi connectivity index (χ1n) is 7.46. The zero-order valence-corrected chi connectivity index (χ0v) is 11.7. The lowest BCUT2D eigenvalue weighted by Gasteiger charge is -2.36. The molecule has 3 rings (SSSR count). The second kappa shape index (κ2) is 6.37. The normalized spacial score (nSPS) is 29.5. The van der Waals surface area contributed by atoms with Gasteiger partial charge in [0, 0.05) is 25.0 Å². The van der Waals surface area contributed by atoms with E-state index in [4.69, 9.17) is 4.74 Å². The molecule has 2 N–H and O–H groups in total. The Bertz CT molecular complexity index is 437. The van der Waals surface area contributed by atoms with E-state index in [1.54, 1.807) is 0 Å². The third-order valence-electron chi connectivity index (χ3n) is 4.20. The second-order valence-corrected chi connectivity index (χ2v) is 5.77. The molecule has 1 saturated heterocycles. The zero-order valence-electron chi connectivity index (χ0n) is 11.7. The summed E-state index contributed by atoms with van der Waals surface area (Å²) in [5.74, 6) is 0.752. The number of morpholine rings is 1. The zero-order chi connectivity index (χ0) is 13.8. The third kappa shape index (κ3) is 3.38. The maximum atomic E-state index is 12.0. The molecule has 1 aromatic carbocycles. The van der Waals surface area contributed by atoms with Gasteiger partial charge in [0.05, 0.1) is 13.2 Å². The first-order valence-corrected chi connectivity index (χ1v) is 7.46. The van der Waals surface area contributed by atoms with Gasteiger partial charge in [0.1, 0.15) is 0 Å². The van der Waals surface area contributed by atoms with Crippen LogP contribution in [0.3, 0.4) is 0 Å². The van der Waals surface area contributed by atoms with E-state index in [2.05, 4.69) is 34.9 Å². The monoisotopic (exact) mass is 274 g/mol. The average Bonchev–Trinajstić information content (AvgIpc) is 2.44. The predicted molar refractivity (Wildman–Crippen MR) is 77.6 cm³/mol. The lowest BCUT2D eigenvalue weighted by molar-refractivity contribution is -0.123. The van der Waals surface area contributed by atoms with Crippen molar-refractivity contribution in [2.24, 2.45) is 0 Å². The first kappa shape index (κ1) is 13.6. The molecule has 1 saturated carbocycles. The van der Waals surface area contributed by atoms with Crippen LogP contribution in [0.15, 0.2) is 30.3 Å². The van der Waals surface area contributed by atoms with Crippen molar-refractivity contribution >= 4 is 5.91 Å². The highest BCUT2D eigenvalue weighted by atomic mass is 16.5. The van der Waals surface area contributed by atoms with Crippen LogP contribution >= 0.6 is 0 Å². The van der Waals surface area contributed by atoms with E-state index in [1.165, 1.54) is 5.56 Å². The van der Waals surface area contributed by atoms with Gasteiger partial charge >= 0.3 is 0 Å². The molecule has 1 aliphatic heterocycles. The summed E-state index contributed by atoms with van der Waals surface area (Å²) in [4.78, 5) is 12.0. The Balaban J connectivity index is 1.39. The summed E-state index contributed by atoms with van der Waals surface area (Å²) in [6.45, 7) is 2.24. The molecule has 1 amide bonds. The van der Waals surface area contributed by atoms with E-state index in [1.807, 2.05) is 6.07 Å². The molecule has 1 aliphatic carbocycles. The molecule has 1 aromatic rings. The molecule has 20 heavy (non-hydrogen) atoms. The van der Waals surface area contributed by atoms with Crippen LogP contribution in [0.4, 0.5) is 0 Å². The van der Waals surface area contributed by atoms with Crippen LogP contribution in [0, 0.1) is 0 Å². The molecule has 0 aromatic heterocycles. The molecule has 4 nitrogen and oxygen atoms in total. The Morgan fingerprint density at radius 1 is 1.30 bits per heavy atom. The van der Waals surface area contributed by atoms with Gasteiger partial charge in [0.25, 0.3) is 0 Å². The minimum atomic E-state index is 0.143. The van der Waals surface area contributed by atoms with E-state index in [0.717, 1.165) is 26.0 Å². The Labute approximate surface area is 119 Å². The minimum Gasteiger partial charge on any atom is -0.378 e. The maximum absolute atomic E-state index is 12.0. The van der Waals surface area contributed by atoms with Gasteiger partial charge in [-0.2, -0.15) is 0 Å². The summed E-state index contributed by atoms with van der Waals surface area (Å²) in [6, 6.07) is 11.1. The molecule has 0 bridgehead atoms. The molecular formula is C16H22N2O2. The Morgan fingerprint density at radius 3 is 2.80 bits per heavy atom. The van der Waals surface area contributed by atoms with E-state index in [-0.39, 0.29) is 11.9 Å². The molecule has 4 heteroatoms. The Hall–Kier alpha value is -1.39. The molecule has 2 fully saturated rings. The van der Waals surface area contributed by atoms with Crippen LogP contribution in [0.5, 0.6) is 0 Å². The predicted octanol–water partition coefficient (Wildman–Crippen LogP) is 1.43. The number of carbonyl (C=O) groups is 1. The third-order valence-corrected chi connectivity index (χ3v) is 4.20. The number of amides is 1. The van der Waals surface area contributed by atoms with Crippen LogP contribution < -0.4 is 10.6 Å². The van der Waals surface area contributed by atoms with Crippen LogP contribution in [-0.4, -0.2) is 37.7 Å². The summed E-state index contributed by atoms with van der Waals surface area (Å²) in [7, 11) is 0. The molecule has 2 aliphatic rings. The summed E-state index contributed by atoms with van der Waals surface area (Å²) in [5, 5.41) is 6.44. The average molecular weight is 274 g/mol. The quantitative estimate of drug-likeness (QED) is 0.873. The summed E-state index contributed by atoms with van der Waals surface area (Å²) < 4.78 is 5.36. The van der Waals surface area contributed by atoms with Crippen LogP contribution in [0.1, 0.15) is 30.7 Å². The van der Waals surface area contributed by atoms with E-state index < -0.39 is 0 Å². The Kier molecular flexibility index (Phi) is 4.33. The molecule has 0 spiro atoms. The van der Waals surface area contributed by atoms with Crippen molar-refractivity contribution < 1.29 is 9.53 Å². The standard InChI is InChI=1S/C16H22N2O2/c19-16(10-15-11-20-7-6-17-15)18-14-8-13(9-14)12-4-2-1-3-5-12/h1-5,13-15,17H,6-11H2,(H,18,19). The number of hydrogen-bond acceptors (Lipinski definition) is 3. The lowest BCUT2D eigenvalue weighted by Crippen LogP contribution is -2.48.